The molecule has 1 aliphatic carbocycles. The van der Waals surface area contributed by atoms with Gasteiger partial charge in [-0.05, 0) is 36.0 Å². The maximum atomic E-state index is 12.8. The molecule has 5 unspecified atom stereocenters. The number of carbonyl (C=O) groups is 1. The lowest BCUT2D eigenvalue weighted by Gasteiger charge is -2.25. The Morgan fingerprint density at radius 3 is 2.52 bits per heavy atom. The van der Waals surface area contributed by atoms with Crippen LogP contribution >= 0.6 is 11.6 Å². The zero-order chi connectivity index (χ0) is 15.1. The molecule has 3 rings (SSSR count). The smallest absolute Gasteiger partial charge is 0.241 e. The zero-order valence-electron chi connectivity index (χ0n) is 12.8. The summed E-state index contributed by atoms with van der Waals surface area (Å²) in [5.41, 5.74) is 1.12. The Morgan fingerprint density at radius 2 is 2.00 bits per heavy atom. The highest BCUT2D eigenvalue weighted by Gasteiger charge is 2.51. The first-order chi connectivity index (χ1) is 10.0. The predicted octanol–water partition coefficient (Wildman–Crippen LogP) is 3.59. The molecular weight excluding hydrogens is 284 g/mol. The monoisotopic (exact) mass is 306 g/mol. The SMILES string of the molecule is CCC(C)C1NC(c2ccc(Cl)cc2)N(C2CC2C)C1=O. The number of hydrogen-bond donors (Lipinski definition) is 1. The Balaban J connectivity index is 1.89. The molecule has 3 nitrogen and oxygen atoms in total. The van der Waals surface area contributed by atoms with E-state index in [0.29, 0.717) is 17.9 Å². The summed E-state index contributed by atoms with van der Waals surface area (Å²) in [6, 6.07) is 8.16. The highest BCUT2D eigenvalue weighted by atomic mass is 35.5. The van der Waals surface area contributed by atoms with Gasteiger partial charge < -0.3 is 4.90 Å². The minimum Gasteiger partial charge on any atom is -0.318 e. The summed E-state index contributed by atoms with van der Waals surface area (Å²) in [4.78, 5) is 14.9. The summed E-state index contributed by atoms with van der Waals surface area (Å²) in [5, 5.41) is 4.28. The van der Waals surface area contributed by atoms with E-state index in [2.05, 4.69) is 31.0 Å². The summed E-state index contributed by atoms with van der Waals surface area (Å²) in [6.07, 6.45) is 2.11. The molecule has 1 saturated heterocycles. The minimum atomic E-state index is -0.0662. The largest absolute Gasteiger partial charge is 0.318 e. The number of nitrogens with zero attached hydrogens (tertiary/aromatic N) is 1. The highest BCUT2D eigenvalue weighted by Crippen LogP contribution is 2.42. The number of nitrogens with one attached hydrogen (secondary N) is 1. The van der Waals surface area contributed by atoms with Gasteiger partial charge in [-0.2, -0.15) is 0 Å². The average Bonchev–Trinajstić information content (AvgIpc) is 3.09. The van der Waals surface area contributed by atoms with Crippen molar-refractivity contribution in [1.29, 1.82) is 0 Å². The fourth-order valence-electron chi connectivity index (χ4n) is 3.20. The van der Waals surface area contributed by atoms with Crippen LogP contribution in [0.15, 0.2) is 24.3 Å². The second-order valence-corrected chi connectivity index (χ2v) is 6.95. The van der Waals surface area contributed by atoms with Gasteiger partial charge in [0.05, 0.1) is 6.04 Å². The third kappa shape index (κ3) is 2.69. The van der Waals surface area contributed by atoms with Crippen LogP contribution in [-0.4, -0.2) is 22.9 Å². The number of amides is 1. The Kier molecular flexibility index (Phi) is 3.98. The molecule has 2 aliphatic rings. The summed E-state index contributed by atoms with van der Waals surface area (Å²) in [7, 11) is 0. The summed E-state index contributed by atoms with van der Waals surface area (Å²) in [5.74, 6) is 1.23. The summed E-state index contributed by atoms with van der Waals surface area (Å²) >= 11 is 5.98. The van der Waals surface area contributed by atoms with Crippen LogP contribution < -0.4 is 5.32 Å². The van der Waals surface area contributed by atoms with Gasteiger partial charge in [-0.25, -0.2) is 0 Å². The summed E-state index contributed by atoms with van der Waals surface area (Å²) in [6.45, 7) is 6.50. The number of halogens is 1. The van der Waals surface area contributed by atoms with E-state index in [0.717, 1.165) is 23.4 Å². The van der Waals surface area contributed by atoms with Crippen molar-refractivity contribution in [2.75, 3.05) is 0 Å². The third-order valence-corrected chi connectivity index (χ3v) is 5.21. The molecule has 1 saturated carbocycles. The molecule has 0 aromatic heterocycles. The Labute approximate surface area is 131 Å². The lowest BCUT2D eigenvalue weighted by atomic mass is 9.99. The standard InChI is InChI=1S/C17H23ClN2O/c1-4-10(2)15-17(21)20(14-9-11(14)3)16(19-15)12-5-7-13(18)8-6-12/h5-8,10-11,14-16,19H,4,9H2,1-3H3. The highest BCUT2D eigenvalue weighted by molar-refractivity contribution is 6.30. The topological polar surface area (TPSA) is 32.3 Å². The molecule has 4 heteroatoms. The van der Waals surface area contributed by atoms with Gasteiger partial charge in [0.2, 0.25) is 5.91 Å². The van der Waals surface area contributed by atoms with Crippen LogP contribution in [0.25, 0.3) is 0 Å². The van der Waals surface area contributed by atoms with Crippen molar-refractivity contribution < 1.29 is 4.79 Å². The predicted molar refractivity (Wildman–Crippen MR) is 85.0 cm³/mol. The molecule has 1 amide bonds. The van der Waals surface area contributed by atoms with Crippen LogP contribution in [0.4, 0.5) is 0 Å². The zero-order valence-corrected chi connectivity index (χ0v) is 13.6. The van der Waals surface area contributed by atoms with Crippen LogP contribution in [0.2, 0.25) is 5.02 Å². The van der Waals surface area contributed by atoms with E-state index in [9.17, 15) is 4.79 Å². The van der Waals surface area contributed by atoms with Crippen molar-refractivity contribution >= 4 is 17.5 Å². The van der Waals surface area contributed by atoms with E-state index < -0.39 is 0 Å². The number of rotatable bonds is 4. The van der Waals surface area contributed by atoms with Crippen LogP contribution in [0.3, 0.4) is 0 Å². The van der Waals surface area contributed by atoms with E-state index in [4.69, 9.17) is 11.6 Å². The molecule has 1 aromatic carbocycles. The maximum absolute atomic E-state index is 12.8. The van der Waals surface area contributed by atoms with Crippen molar-refractivity contribution in [1.82, 2.24) is 10.2 Å². The Hall–Kier alpha value is -1.06. The minimum absolute atomic E-state index is 0.0104. The molecule has 5 atom stereocenters. The fraction of sp³-hybridized carbons (Fsp3) is 0.588. The molecule has 114 valence electrons. The second-order valence-electron chi connectivity index (χ2n) is 6.51. The molecule has 1 aromatic rings. The van der Waals surface area contributed by atoms with E-state index >= 15 is 0 Å². The first-order valence-electron chi connectivity index (χ1n) is 7.86. The van der Waals surface area contributed by atoms with Gasteiger partial charge in [0, 0.05) is 11.1 Å². The van der Waals surface area contributed by atoms with Gasteiger partial charge in [0.1, 0.15) is 6.17 Å². The van der Waals surface area contributed by atoms with Crippen LogP contribution in [0.1, 0.15) is 45.3 Å². The van der Waals surface area contributed by atoms with E-state index in [1.54, 1.807) is 0 Å². The first kappa shape index (κ1) is 14.9. The number of carbonyl (C=O) groups excluding carboxylic acids is 1. The fourth-order valence-corrected chi connectivity index (χ4v) is 3.33. The Morgan fingerprint density at radius 1 is 1.38 bits per heavy atom. The van der Waals surface area contributed by atoms with Crippen molar-refractivity contribution in [3.63, 3.8) is 0 Å². The Bertz CT molecular complexity index is 530. The molecular formula is C17H23ClN2O. The number of hydrogen-bond acceptors (Lipinski definition) is 2. The van der Waals surface area contributed by atoms with Gasteiger partial charge in [-0.1, -0.05) is 50.9 Å². The third-order valence-electron chi connectivity index (χ3n) is 4.96. The lowest BCUT2D eigenvalue weighted by Crippen LogP contribution is -2.36. The van der Waals surface area contributed by atoms with Crippen molar-refractivity contribution in [3.05, 3.63) is 34.9 Å². The second kappa shape index (κ2) is 5.62. The quantitative estimate of drug-likeness (QED) is 0.922. The van der Waals surface area contributed by atoms with Crippen molar-refractivity contribution in [2.45, 2.75) is 51.9 Å². The van der Waals surface area contributed by atoms with Crippen molar-refractivity contribution in [2.24, 2.45) is 11.8 Å². The molecule has 21 heavy (non-hydrogen) atoms. The maximum Gasteiger partial charge on any atom is 0.241 e. The van der Waals surface area contributed by atoms with Gasteiger partial charge in [-0.3, -0.25) is 10.1 Å². The number of benzene rings is 1. The molecule has 0 spiro atoms. The van der Waals surface area contributed by atoms with E-state index in [1.807, 2.05) is 24.3 Å². The molecule has 0 radical (unpaired) electrons. The van der Waals surface area contributed by atoms with Gasteiger partial charge in [-0.15, -0.1) is 0 Å². The average molecular weight is 307 g/mol. The van der Waals surface area contributed by atoms with E-state index in [-0.39, 0.29) is 18.1 Å². The van der Waals surface area contributed by atoms with Crippen LogP contribution in [-0.2, 0) is 4.79 Å². The van der Waals surface area contributed by atoms with Crippen molar-refractivity contribution in [3.8, 4) is 0 Å². The molecule has 1 heterocycles. The molecule has 1 aliphatic heterocycles. The van der Waals surface area contributed by atoms with Gasteiger partial charge in [0.25, 0.3) is 0 Å². The summed E-state index contributed by atoms with van der Waals surface area (Å²) < 4.78 is 0. The van der Waals surface area contributed by atoms with Crippen LogP contribution in [0, 0.1) is 11.8 Å². The van der Waals surface area contributed by atoms with E-state index in [1.165, 1.54) is 0 Å². The van der Waals surface area contributed by atoms with Crippen LogP contribution in [0.5, 0.6) is 0 Å². The molecule has 1 N–H and O–H groups in total. The van der Waals surface area contributed by atoms with Gasteiger partial charge in [0.15, 0.2) is 0 Å². The van der Waals surface area contributed by atoms with Gasteiger partial charge >= 0.3 is 0 Å². The normalized spacial score (nSPS) is 33.3. The molecule has 2 fully saturated rings. The first-order valence-corrected chi connectivity index (χ1v) is 8.24. The lowest BCUT2D eigenvalue weighted by molar-refractivity contribution is -0.131. The molecule has 0 bridgehead atoms.